The summed E-state index contributed by atoms with van der Waals surface area (Å²) in [5.41, 5.74) is 8.62. The minimum Gasteiger partial charge on any atom is -0.440 e. The largest absolute Gasteiger partial charge is 0.440 e. The molecule has 3 rings (SSSR count). The second-order valence-electron chi connectivity index (χ2n) is 5.03. The number of nitrogens with two attached hydrogens (primary N) is 1. The third-order valence-electron chi connectivity index (χ3n) is 3.55. The van der Waals surface area contributed by atoms with Crippen molar-refractivity contribution in [2.24, 2.45) is 5.73 Å². The molecular weight excluding hydrogens is 216 g/mol. The number of rotatable bonds is 1. The third kappa shape index (κ3) is 1.56. The van der Waals surface area contributed by atoms with Crippen LogP contribution in [0.5, 0.6) is 0 Å². The molecule has 2 unspecified atom stereocenters. The molecular formula is C13H16N2O2. The van der Waals surface area contributed by atoms with E-state index in [1.807, 2.05) is 32.0 Å². The van der Waals surface area contributed by atoms with E-state index in [1.165, 1.54) is 0 Å². The SMILES string of the molecule is Cc1ccc2nc(C3(C)COCC3N)oc2c1. The zero-order chi connectivity index (χ0) is 12.0. The summed E-state index contributed by atoms with van der Waals surface area (Å²) in [6.45, 7) is 5.21. The molecule has 90 valence electrons. The lowest BCUT2D eigenvalue weighted by atomic mass is 9.86. The van der Waals surface area contributed by atoms with E-state index in [9.17, 15) is 0 Å². The normalized spacial score (nSPS) is 29.0. The van der Waals surface area contributed by atoms with Crippen molar-refractivity contribution in [2.75, 3.05) is 13.2 Å². The molecule has 2 atom stereocenters. The lowest BCUT2D eigenvalue weighted by molar-refractivity contribution is 0.173. The molecule has 2 heterocycles. The van der Waals surface area contributed by atoms with Gasteiger partial charge in [0.05, 0.1) is 18.6 Å². The molecule has 1 fully saturated rings. The summed E-state index contributed by atoms with van der Waals surface area (Å²) in [4.78, 5) is 4.53. The van der Waals surface area contributed by atoms with Crippen LogP contribution >= 0.6 is 0 Å². The Balaban J connectivity index is 2.12. The Bertz CT molecular complexity index is 564. The second kappa shape index (κ2) is 3.55. The fraction of sp³-hybridized carbons (Fsp3) is 0.462. The molecule has 4 heteroatoms. The Morgan fingerprint density at radius 3 is 3.00 bits per heavy atom. The van der Waals surface area contributed by atoms with Gasteiger partial charge in [0.25, 0.3) is 0 Å². The maximum Gasteiger partial charge on any atom is 0.205 e. The van der Waals surface area contributed by atoms with Gasteiger partial charge in [-0.1, -0.05) is 6.07 Å². The Morgan fingerprint density at radius 2 is 2.29 bits per heavy atom. The van der Waals surface area contributed by atoms with Crippen LogP contribution in [0, 0.1) is 6.92 Å². The molecule has 1 aromatic heterocycles. The van der Waals surface area contributed by atoms with Crippen LogP contribution in [0.25, 0.3) is 11.1 Å². The molecule has 0 aliphatic carbocycles. The highest BCUT2D eigenvalue weighted by Gasteiger charge is 2.43. The first-order chi connectivity index (χ1) is 8.09. The molecule has 0 spiro atoms. The number of hydrogen-bond donors (Lipinski definition) is 1. The van der Waals surface area contributed by atoms with Gasteiger partial charge in [-0.2, -0.15) is 0 Å². The van der Waals surface area contributed by atoms with E-state index >= 15 is 0 Å². The van der Waals surface area contributed by atoms with Gasteiger partial charge < -0.3 is 14.9 Å². The van der Waals surface area contributed by atoms with Gasteiger partial charge in [0.2, 0.25) is 5.89 Å². The molecule has 4 nitrogen and oxygen atoms in total. The topological polar surface area (TPSA) is 61.3 Å². The molecule has 1 saturated heterocycles. The number of benzene rings is 1. The zero-order valence-corrected chi connectivity index (χ0v) is 10.1. The van der Waals surface area contributed by atoms with Crippen LogP contribution in [-0.4, -0.2) is 24.2 Å². The fourth-order valence-corrected chi connectivity index (χ4v) is 2.19. The van der Waals surface area contributed by atoms with Gasteiger partial charge in [-0.25, -0.2) is 4.98 Å². The van der Waals surface area contributed by atoms with E-state index in [0.717, 1.165) is 16.7 Å². The Labute approximate surface area is 99.8 Å². The van der Waals surface area contributed by atoms with Gasteiger partial charge in [0.15, 0.2) is 5.58 Å². The predicted molar refractivity (Wildman–Crippen MR) is 64.9 cm³/mol. The quantitative estimate of drug-likeness (QED) is 0.813. The summed E-state index contributed by atoms with van der Waals surface area (Å²) >= 11 is 0. The smallest absolute Gasteiger partial charge is 0.205 e. The molecule has 2 aromatic rings. The predicted octanol–water partition coefficient (Wildman–Crippen LogP) is 1.75. The van der Waals surface area contributed by atoms with Gasteiger partial charge in [-0.15, -0.1) is 0 Å². The summed E-state index contributed by atoms with van der Waals surface area (Å²) in [6.07, 6.45) is 0. The monoisotopic (exact) mass is 232 g/mol. The van der Waals surface area contributed by atoms with Crippen molar-refractivity contribution in [1.29, 1.82) is 0 Å². The van der Waals surface area contributed by atoms with Crippen LogP contribution in [0.15, 0.2) is 22.6 Å². The Kier molecular flexibility index (Phi) is 2.24. The first kappa shape index (κ1) is 10.7. The van der Waals surface area contributed by atoms with Crippen molar-refractivity contribution < 1.29 is 9.15 Å². The van der Waals surface area contributed by atoms with Crippen LogP contribution in [0.1, 0.15) is 18.4 Å². The number of oxazole rings is 1. The molecule has 2 N–H and O–H groups in total. The maximum absolute atomic E-state index is 6.07. The highest BCUT2D eigenvalue weighted by molar-refractivity contribution is 5.73. The molecule has 0 amide bonds. The third-order valence-corrected chi connectivity index (χ3v) is 3.55. The first-order valence-electron chi connectivity index (χ1n) is 5.80. The first-order valence-corrected chi connectivity index (χ1v) is 5.80. The van der Waals surface area contributed by atoms with Gasteiger partial charge >= 0.3 is 0 Å². The van der Waals surface area contributed by atoms with E-state index in [1.54, 1.807) is 0 Å². The van der Waals surface area contributed by atoms with E-state index in [2.05, 4.69) is 4.98 Å². The highest BCUT2D eigenvalue weighted by Crippen LogP contribution is 2.33. The number of ether oxygens (including phenoxy) is 1. The van der Waals surface area contributed by atoms with Crippen molar-refractivity contribution in [2.45, 2.75) is 25.3 Å². The van der Waals surface area contributed by atoms with Crippen molar-refractivity contribution in [3.8, 4) is 0 Å². The maximum atomic E-state index is 6.07. The zero-order valence-electron chi connectivity index (χ0n) is 10.1. The number of aromatic nitrogens is 1. The van der Waals surface area contributed by atoms with Crippen LogP contribution in [0.2, 0.25) is 0 Å². The minimum absolute atomic E-state index is 0.0586. The van der Waals surface area contributed by atoms with Gasteiger partial charge in [0, 0.05) is 6.04 Å². The van der Waals surface area contributed by atoms with E-state index in [-0.39, 0.29) is 11.5 Å². The van der Waals surface area contributed by atoms with Crippen molar-refractivity contribution in [3.63, 3.8) is 0 Å². The average molecular weight is 232 g/mol. The van der Waals surface area contributed by atoms with Crippen LogP contribution in [0.4, 0.5) is 0 Å². The molecule has 1 aliphatic heterocycles. The van der Waals surface area contributed by atoms with Gasteiger partial charge in [0.1, 0.15) is 5.52 Å². The van der Waals surface area contributed by atoms with Crippen LogP contribution < -0.4 is 5.73 Å². The minimum atomic E-state index is -0.313. The summed E-state index contributed by atoms with van der Waals surface area (Å²) in [7, 11) is 0. The summed E-state index contributed by atoms with van der Waals surface area (Å²) in [5.74, 6) is 0.683. The number of nitrogens with zero attached hydrogens (tertiary/aromatic N) is 1. The molecule has 0 bridgehead atoms. The van der Waals surface area contributed by atoms with E-state index < -0.39 is 0 Å². The number of hydrogen-bond acceptors (Lipinski definition) is 4. The summed E-state index contributed by atoms with van der Waals surface area (Å²) in [5, 5.41) is 0. The van der Waals surface area contributed by atoms with Gasteiger partial charge in [-0.3, -0.25) is 0 Å². The Morgan fingerprint density at radius 1 is 1.47 bits per heavy atom. The molecule has 0 radical (unpaired) electrons. The molecule has 1 aliphatic rings. The highest BCUT2D eigenvalue weighted by atomic mass is 16.5. The van der Waals surface area contributed by atoms with Crippen molar-refractivity contribution >= 4 is 11.1 Å². The molecule has 17 heavy (non-hydrogen) atoms. The van der Waals surface area contributed by atoms with Gasteiger partial charge in [-0.05, 0) is 31.5 Å². The number of fused-ring (bicyclic) bond motifs is 1. The summed E-state index contributed by atoms with van der Waals surface area (Å²) in [6, 6.07) is 5.94. The molecule has 1 aromatic carbocycles. The lowest BCUT2D eigenvalue weighted by Crippen LogP contribution is -2.42. The average Bonchev–Trinajstić information content (AvgIpc) is 2.84. The van der Waals surface area contributed by atoms with Crippen molar-refractivity contribution in [1.82, 2.24) is 4.98 Å². The second-order valence-corrected chi connectivity index (χ2v) is 5.03. The van der Waals surface area contributed by atoms with Crippen molar-refractivity contribution in [3.05, 3.63) is 29.7 Å². The number of aryl methyl sites for hydroxylation is 1. The standard InChI is InChI=1S/C13H16N2O2/c1-8-3-4-9-10(5-8)17-12(15-9)13(2)7-16-6-11(13)14/h3-5,11H,6-7,14H2,1-2H3. The Hall–Kier alpha value is -1.39. The summed E-state index contributed by atoms with van der Waals surface area (Å²) < 4.78 is 11.3. The lowest BCUT2D eigenvalue weighted by Gasteiger charge is -2.22. The molecule has 0 saturated carbocycles. The van der Waals surface area contributed by atoms with Crippen LogP contribution in [-0.2, 0) is 10.2 Å². The van der Waals surface area contributed by atoms with E-state index in [4.69, 9.17) is 14.9 Å². The fourth-order valence-electron chi connectivity index (χ4n) is 2.19. The van der Waals surface area contributed by atoms with E-state index in [0.29, 0.717) is 19.1 Å². The van der Waals surface area contributed by atoms with Crippen LogP contribution in [0.3, 0.4) is 0 Å².